The zero-order valence-corrected chi connectivity index (χ0v) is 24.3. The second-order valence-corrected chi connectivity index (χ2v) is 12.1. The SMILES string of the molecule is Cc1cc(/C=c2/sc3n(c2=O)[C@H](c2ccccc2)C2=C(N=3)c3ccccc3CC2)c(C)n1-c1ccc(Cl)c(Cl)c1. The summed E-state index contributed by atoms with van der Waals surface area (Å²) in [6.45, 7) is 4.11. The normalized spacial score (nSPS) is 16.4. The lowest BCUT2D eigenvalue weighted by molar-refractivity contribution is 0.585. The average molecular weight is 583 g/mol. The van der Waals surface area contributed by atoms with E-state index in [2.05, 4.69) is 60.9 Å². The Morgan fingerprint density at radius 3 is 2.50 bits per heavy atom. The molecule has 0 bridgehead atoms. The number of rotatable bonds is 3. The number of fused-ring (bicyclic) bond motifs is 3. The first-order chi connectivity index (χ1) is 19.4. The fourth-order valence-corrected chi connectivity index (χ4v) is 7.34. The summed E-state index contributed by atoms with van der Waals surface area (Å²) in [4.78, 5) is 20.0. The number of hydrogen-bond donors (Lipinski definition) is 0. The topological polar surface area (TPSA) is 39.3 Å². The summed E-state index contributed by atoms with van der Waals surface area (Å²) in [5, 5.41) is 1.03. The van der Waals surface area contributed by atoms with Crippen molar-refractivity contribution in [3.63, 3.8) is 0 Å². The fourth-order valence-electron chi connectivity index (χ4n) is 6.05. The van der Waals surface area contributed by atoms with Crippen molar-refractivity contribution < 1.29 is 0 Å². The molecule has 0 fully saturated rings. The van der Waals surface area contributed by atoms with Crippen molar-refractivity contribution >= 4 is 46.3 Å². The number of thiazole rings is 1. The molecule has 2 aliphatic rings. The van der Waals surface area contributed by atoms with Crippen molar-refractivity contribution in [2.24, 2.45) is 4.99 Å². The fraction of sp³-hybridized carbons (Fsp3) is 0.152. The quantitative estimate of drug-likeness (QED) is 0.225. The number of aryl methyl sites for hydroxylation is 2. The minimum absolute atomic E-state index is 0.0117. The van der Waals surface area contributed by atoms with Gasteiger partial charge in [0.15, 0.2) is 4.80 Å². The number of benzene rings is 3. The monoisotopic (exact) mass is 581 g/mol. The van der Waals surface area contributed by atoms with Gasteiger partial charge in [0.1, 0.15) is 0 Å². The summed E-state index contributed by atoms with van der Waals surface area (Å²) in [6, 6.07) is 26.4. The highest BCUT2D eigenvalue weighted by molar-refractivity contribution is 7.07. The standard InChI is InChI=1S/C33H25Cl2N3OS/c1-19-16-23(20(2)37(19)24-13-15-27(34)28(35)18-24)17-29-32(39)38-31(22-9-4-3-5-10-22)26-14-12-21-8-6-7-11-25(21)30(26)36-33(38)40-29/h3-11,13,15-18,31H,12,14H2,1-2H3/b29-17+/t31-/m1/s1. The highest BCUT2D eigenvalue weighted by Gasteiger charge is 2.32. The van der Waals surface area contributed by atoms with Crippen LogP contribution in [0.3, 0.4) is 0 Å². The van der Waals surface area contributed by atoms with E-state index in [1.807, 2.05) is 41.0 Å². The van der Waals surface area contributed by atoms with Gasteiger partial charge < -0.3 is 4.57 Å². The van der Waals surface area contributed by atoms with Crippen LogP contribution in [0.5, 0.6) is 0 Å². The summed E-state index contributed by atoms with van der Waals surface area (Å²) in [5.41, 5.74) is 9.79. The maximum atomic E-state index is 14.1. The van der Waals surface area contributed by atoms with Gasteiger partial charge in [0.05, 0.1) is 26.3 Å². The average Bonchev–Trinajstić information content (AvgIpc) is 3.43. The van der Waals surface area contributed by atoms with E-state index in [0.717, 1.165) is 51.5 Å². The Morgan fingerprint density at radius 1 is 0.925 bits per heavy atom. The first kappa shape index (κ1) is 25.3. The van der Waals surface area contributed by atoms with E-state index in [1.165, 1.54) is 28.0 Å². The van der Waals surface area contributed by atoms with Gasteiger partial charge in [-0.3, -0.25) is 9.36 Å². The molecule has 3 heterocycles. The van der Waals surface area contributed by atoms with Gasteiger partial charge in [-0.15, -0.1) is 0 Å². The van der Waals surface area contributed by atoms with Gasteiger partial charge in [-0.05, 0) is 79.3 Å². The summed E-state index contributed by atoms with van der Waals surface area (Å²) < 4.78 is 4.70. The van der Waals surface area contributed by atoms with Crippen LogP contribution in [-0.2, 0) is 6.42 Å². The van der Waals surface area contributed by atoms with Gasteiger partial charge in [0.25, 0.3) is 5.56 Å². The number of nitrogens with zero attached hydrogens (tertiary/aromatic N) is 3. The minimum Gasteiger partial charge on any atom is -0.318 e. The summed E-state index contributed by atoms with van der Waals surface area (Å²) in [5.74, 6) is 0. The zero-order valence-electron chi connectivity index (χ0n) is 22.0. The summed E-state index contributed by atoms with van der Waals surface area (Å²) in [6.07, 6.45) is 3.82. The van der Waals surface area contributed by atoms with Gasteiger partial charge in [-0.1, -0.05) is 89.1 Å². The Bertz CT molecular complexity index is 2030. The van der Waals surface area contributed by atoms with Crippen molar-refractivity contribution in [2.45, 2.75) is 32.7 Å². The summed E-state index contributed by atoms with van der Waals surface area (Å²) >= 11 is 13.9. The van der Waals surface area contributed by atoms with E-state index in [9.17, 15) is 4.79 Å². The van der Waals surface area contributed by atoms with E-state index in [1.54, 1.807) is 6.07 Å². The molecule has 0 N–H and O–H groups in total. The molecule has 7 heteroatoms. The molecule has 0 unspecified atom stereocenters. The van der Waals surface area contributed by atoms with Crippen LogP contribution in [0, 0.1) is 13.8 Å². The van der Waals surface area contributed by atoms with Gasteiger partial charge in [0.2, 0.25) is 0 Å². The smallest absolute Gasteiger partial charge is 0.271 e. The molecule has 0 saturated heterocycles. The van der Waals surface area contributed by atoms with Gasteiger partial charge in [0, 0.05) is 22.6 Å². The second-order valence-electron chi connectivity index (χ2n) is 10.3. The molecule has 198 valence electrons. The van der Waals surface area contributed by atoms with Crippen LogP contribution in [0.4, 0.5) is 0 Å². The van der Waals surface area contributed by atoms with Gasteiger partial charge in [-0.25, -0.2) is 4.99 Å². The molecule has 1 atom stereocenters. The van der Waals surface area contributed by atoms with Crippen LogP contribution in [0.25, 0.3) is 17.5 Å². The van der Waals surface area contributed by atoms with E-state index >= 15 is 0 Å². The van der Waals surface area contributed by atoms with Crippen LogP contribution in [0.15, 0.2) is 94.2 Å². The molecule has 5 aromatic rings. The van der Waals surface area contributed by atoms with E-state index in [0.29, 0.717) is 14.6 Å². The summed E-state index contributed by atoms with van der Waals surface area (Å²) in [7, 11) is 0. The largest absolute Gasteiger partial charge is 0.318 e. The molecule has 1 aliphatic carbocycles. The number of hydrogen-bond acceptors (Lipinski definition) is 3. The first-order valence-corrected chi connectivity index (χ1v) is 14.8. The van der Waals surface area contributed by atoms with Crippen molar-refractivity contribution in [3.8, 4) is 5.69 Å². The third-order valence-electron chi connectivity index (χ3n) is 7.91. The minimum atomic E-state index is -0.174. The molecule has 2 aromatic heterocycles. The number of allylic oxidation sites excluding steroid dienone is 1. The highest BCUT2D eigenvalue weighted by Crippen LogP contribution is 2.41. The zero-order chi connectivity index (χ0) is 27.5. The van der Waals surface area contributed by atoms with Crippen molar-refractivity contribution in [1.29, 1.82) is 0 Å². The molecule has 3 aromatic carbocycles. The van der Waals surface area contributed by atoms with Crippen LogP contribution in [-0.4, -0.2) is 9.13 Å². The van der Waals surface area contributed by atoms with E-state index in [4.69, 9.17) is 28.2 Å². The molecule has 0 spiro atoms. The molecule has 0 amide bonds. The van der Waals surface area contributed by atoms with Crippen molar-refractivity contribution in [1.82, 2.24) is 9.13 Å². The third kappa shape index (κ3) is 4.03. The maximum Gasteiger partial charge on any atom is 0.271 e. The Morgan fingerprint density at radius 2 is 1.70 bits per heavy atom. The number of halogens is 2. The first-order valence-electron chi connectivity index (χ1n) is 13.2. The number of aromatic nitrogens is 2. The Labute approximate surface area is 245 Å². The molecule has 40 heavy (non-hydrogen) atoms. The second kappa shape index (κ2) is 9.77. The molecular weight excluding hydrogens is 557 g/mol. The Balaban J connectivity index is 1.43. The van der Waals surface area contributed by atoms with E-state index < -0.39 is 0 Å². The van der Waals surface area contributed by atoms with Crippen molar-refractivity contribution in [3.05, 3.63) is 148 Å². The van der Waals surface area contributed by atoms with Gasteiger partial charge >= 0.3 is 0 Å². The third-order valence-corrected chi connectivity index (χ3v) is 9.63. The van der Waals surface area contributed by atoms with Crippen LogP contribution < -0.4 is 14.9 Å². The van der Waals surface area contributed by atoms with Crippen LogP contribution in [0.1, 0.15) is 46.1 Å². The Kier molecular flexibility index (Phi) is 6.19. The van der Waals surface area contributed by atoms with Crippen LogP contribution >= 0.6 is 34.5 Å². The predicted molar refractivity (Wildman–Crippen MR) is 164 cm³/mol. The molecule has 4 nitrogen and oxygen atoms in total. The molecular formula is C33H25Cl2N3OS. The predicted octanol–water partition coefficient (Wildman–Crippen LogP) is 7.03. The lowest BCUT2D eigenvalue weighted by Gasteiger charge is -2.30. The molecule has 0 saturated carbocycles. The molecule has 1 aliphatic heterocycles. The lowest BCUT2D eigenvalue weighted by atomic mass is 9.83. The molecule has 0 radical (unpaired) electrons. The van der Waals surface area contributed by atoms with E-state index in [-0.39, 0.29) is 11.6 Å². The Hall–Kier alpha value is -3.64. The van der Waals surface area contributed by atoms with Crippen LogP contribution in [0.2, 0.25) is 10.0 Å². The van der Waals surface area contributed by atoms with Crippen molar-refractivity contribution in [2.75, 3.05) is 0 Å². The van der Waals surface area contributed by atoms with Gasteiger partial charge in [-0.2, -0.15) is 0 Å². The maximum absolute atomic E-state index is 14.1. The molecule has 7 rings (SSSR count). The highest BCUT2D eigenvalue weighted by atomic mass is 35.5. The lowest BCUT2D eigenvalue weighted by Crippen LogP contribution is -2.38.